The lowest BCUT2D eigenvalue weighted by Gasteiger charge is -2.12. The second-order valence-corrected chi connectivity index (χ2v) is 4.84. The first kappa shape index (κ1) is 13.9. The van der Waals surface area contributed by atoms with Crippen LogP contribution in [0.2, 0.25) is 0 Å². The summed E-state index contributed by atoms with van der Waals surface area (Å²) in [5.41, 5.74) is 0.368. The standard InChI is InChI=1S/C13H13F3N2S/c1-2-4-17-12-7-10(13(14,15)16)6-11(18-12)9-3-5-19-8-9/h3,5-8H,2,4H2,1H3,(H,17,18). The zero-order chi connectivity index (χ0) is 13.9. The molecule has 0 saturated heterocycles. The molecule has 0 fully saturated rings. The number of pyridine rings is 1. The quantitative estimate of drug-likeness (QED) is 0.884. The number of nitrogens with zero attached hydrogens (tertiary/aromatic N) is 1. The van der Waals surface area contributed by atoms with Crippen LogP contribution in [0, 0.1) is 0 Å². The molecular formula is C13H13F3N2S. The first-order valence-corrected chi connectivity index (χ1v) is 6.80. The first-order chi connectivity index (χ1) is 9.00. The van der Waals surface area contributed by atoms with Gasteiger partial charge in [-0.2, -0.15) is 24.5 Å². The van der Waals surface area contributed by atoms with Crippen LogP contribution in [0.1, 0.15) is 18.9 Å². The molecule has 2 heterocycles. The molecule has 0 unspecified atom stereocenters. The van der Waals surface area contributed by atoms with Crippen molar-refractivity contribution in [3.63, 3.8) is 0 Å². The highest BCUT2D eigenvalue weighted by atomic mass is 32.1. The number of halogens is 3. The molecule has 2 aromatic heterocycles. The molecular weight excluding hydrogens is 273 g/mol. The molecule has 0 atom stereocenters. The van der Waals surface area contributed by atoms with E-state index in [9.17, 15) is 13.2 Å². The van der Waals surface area contributed by atoms with Crippen molar-refractivity contribution in [3.8, 4) is 11.3 Å². The lowest BCUT2D eigenvalue weighted by molar-refractivity contribution is -0.137. The molecule has 0 radical (unpaired) electrons. The summed E-state index contributed by atoms with van der Waals surface area (Å²) < 4.78 is 38.6. The molecule has 1 N–H and O–H groups in total. The van der Waals surface area contributed by atoms with Crippen LogP contribution in [-0.4, -0.2) is 11.5 Å². The Morgan fingerprint density at radius 2 is 2.11 bits per heavy atom. The van der Waals surface area contributed by atoms with Gasteiger partial charge in [-0.1, -0.05) is 6.92 Å². The number of hydrogen-bond donors (Lipinski definition) is 1. The van der Waals surface area contributed by atoms with Crippen LogP contribution < -0.4 is 5.32 Å². The predicted molar refractivity (Wildman–Crippen MR) is 71.3 cm³/mol. The second kappa shape index (κ2) is 5.61. The van der Waals surface area contributed by atoms with Crippen LogP contribution in [0.15, 0.2) is 29.0 Å². The van der Waals surface area contributed by atoms with Gasteiger partial charge in [-0.25, -0.2) is 4.98 Å². The fourth-order valence-electron chi connectivity index (χ4n) is 1.60. The van der Waals surface area contributed by atoms with Crippen molar-refractivity contribution in [3.05, 3.63) is 34.5 Å². The van der Waals surface area contributed by atoms with Gasteiger partial charge in [0, 0.05) is 17.5 Å². The number of aromatic nitrogens is 1. The van der Waals surface area contributed by atoms with E-state index in [1.807, 2.05) is 12.3 Å². The summed E-state index contributed by atoms with van der Waals surface area (Å²) in [5.74, 6) is 0.262. The van der Waals surface area contributed by atoms with Crippen molar-refractivity contribution in [2.45, 2.75) is 19.5 Å². The highest BCUT2D eigenvalue weighted by Crippen LogP contribution is 2.33. The van der Waals surface area contributed by atoms with E-state index in [0.717, 1.165) is 18.6 Å². The normalized spacial score (nSPS) is 11.6. The van der Waals surface area contributed by atoms with E-state index >= 15 is 0 Å². The van der Waals surface area contributed by atoms with Gasteiger partial charge in [0.2, 0.25) is 0 Å². The predicted octanol–water partition coefficient (Wildman–Crippen LogP) is 4.65. The highest BCUT2D eigenvalue weighted by Gasteiger charge is 2.31. The lowest BCUT2D eigenvalue weighted by atomic mass is 10.1. The van der Waals surface area contributed by atoms with Crippen molar-refractivity contribution < 1.29 is 13.2 Å². The maximum Gasteiger partial charge on any atom is 0.416 e. The van der Waals surface area contributed by atoms with E-state index in [-0.39, 0.29) is 5.82 Å². The lowest BCUT2D eigenvalue weighted by Crippen LogP contribution is -2.09. The molecule has 0 aliphatic heterocycles. The highest BCUT2D eigenvalue weighted by molar-refractivity contribution is 7.08. The smallest absolute Gasteiger partial charge is 0.370 e. The summed E-state index contributed by atoms with van der Waals surface area (Å²) in [6, 6.07) is 3.89. The van der Waals surface area contributed by atoms with Gasteiger partial charge in [0.25, 0.3) is 0 Å². The second-order valence-electron chi connectivity index (χ2n) is 4.06. The third-order valence-electron chi connectivity index (χ3n) is 2.53. The number of alkyl halides is 3. The molecule has 102 valence electrons. The topological polar surface area (TPSA) is 24.9 Å². The van der Waals surface area contributed by atoms with Gasteiger partial charge in [-0.05, 0) is 30.0 Å². The average Bonchev–Trinajstić information content (AvgIpc) is 2.89. The molecule has 0 spiro atoms. The fraction of sp³-hybridized carbons (Fsp3) is 0.308. The Morgan fingerprint density at radius 1 is 1.32 bits per heavy atom. The molecule has 2 nitrogen and oxygen atoms in total. The molecule has 2 aromatic rings. The maximum absolute atomic E-state index is 12.9. The third kappa shape index (κ3) is 3.47. The minimum atomic E-state index is -4.36. The Morgan fingerprint density at radius 3 is 2.68 bits per heavy atom. The number of rotatable bonds is 4. The number of anilines is 1. The van der Waals surface area contributed by atoms with E-state index in [1.54, 1.807) is 11.4 Å². The van der Waals surface area contributed by atoms with Gasteiger partial charge in [0.15, 0.2) is 0 Å². The van der Waals surface area contributed by atoms with Crippen molar-refractivity contribution in [1.29, 1.82) is 0 Å². The van der Waals surface area contributed by atoms with Gasteiger partial charge in [0.1, 0.15) is 5.82 Å². The molecule has 0 bridgehead atoms. The first-order valence-electron chi connectivity index (χ1n) is 5.86. The van der Waals surface area contributed by atoms with Crippen molar-refractivity contribution in [1.82, 2.24) is 4.98 Å². The summed E-state index contributed by atoms with van der Waals surface area (Å²) in [5, 5.41) is 6.50. The number of hydrogen-bond acceptors (Lipinski definition) is 3. The van der Waals surface area contributed by atoms with Crippen LogP contribution in [0.3, 0.4) is 0 Å². The van der Waals surface area contributed by atoms with Gasteiger partial charge in [0.05, 0.1) is 11.3 Å². The molecule has 6 heteroatoms. The minimum Gasteiger partial charge on any atom is -0.370 e. The van der Waals surface area contributed by atoms with E-state index in [2.05, 4.69) is 10.3 Å². The molecule has 0 aliphatic carbocycles. The SMILES string of the molecule is CCCNc1cc(C(F)(F)F)cc(-c2ccsc2)n1. The monoisotopic (exact) mass is 286 g/mol. The number of thiophene rings is 1. The molecule has 0 aromatic carbocycles. The Hall–Kier alpha value is -1.56. The van der Waals surface area contributed by atoms with Crippen LogP contribution in [-0.2, 0) is 6.18 Å². The Balaban J connectivity index is 2.43. The average molecular weight is 286 g/mol. The minimum absolute atomic E-state index is 0.262. The summed E-state index contributed by atoms with van der Waals surface area (Å²) in [6.45, 7) is 2.54. The van der Waals surface area contributed by atoms with Crippen LogP contribution in [0.5, 0.6) is 0 Å². The summed E-state index contributed by atoms with van der Waals surface area (Å²) >= 11 is 1.43. The van der Waals surface area contributed by atoms with E-state index in [0.29, 0.717) is 17.8 Å². The van der Waals surface area contributed by atoms with Gasteiger partial charge >= 0.3 is 6.18 Å². The molecule has 2 rings (SSSR count). The van der Waals surface area contributed by atoms with Gasteiger partial charge in [-0.3, -0.25) is 0 Å². The third-order valence-corrected chi connectivity index (χ3v) is 3.21. The zero-order valence-electron chi connectivity index (χ0n) is 10.3. The molecule has 0 saturated carbocycles. The van der Waals surface area contributed by atoms with Gasteiger partial charge < -0.3 is 5.32 Å². The Labute approximate surface area is 113 Å². The molecule has 19 heavy (non-hydrogen) atoms. The van der Waals surface area contributed by atoms with Crippen molar-refractivity contribution >= 4 is 17.2 Å². The van der Waals surface area contributed by atoms with E-state index in [1.165, 1.54) is 11.3 Å². The Kier molecular flexibility index (Phi) is 4.09. The largest absolute Gasteiger partial charge is 0.416 e. The van der Waals surface area contributed by atoms with Crippen LogP contribution in [0.4, 0.5) is 19.0 Å². The Bertz CT molecular complexity index is 535. The molecule has 0 amide bonds. The van der Waals surface area contributed by atoms with Gasteiger partial charge in [-0.15, -0.1) is 0 Å². The number of nitrogens with one attached hydrogen (secondary N) is 1. The maximum atomic E-state index is 12.9. The fourth-order valence-corrected chi connectivity index (χ4v) is 2.25. The summed E-state index contributed by atoms with van der Waals surface area (Å²) in [6.07, 6.45) is -3.54. The van der Waals surface area contributed by atoms with Crippen molar-refractivity contribution in [2.24, 2.45) is 0 Å². The molecule has 0 aliphatic rings. The van der Waals surface area contributed by atoms with Crippen LogP contribution >= 0.6 is 11.3 Å². The van der Waals surface area contributed by atoms with E-state index < -0.39 is 11.7 Å². The zero-order valence-corrected chi connectivity index (χ0v) is 11.1. The van der Waals surface area contributed by atoms with Crippen LogP contribution in [0.25, 0.3) is 11.3 Å². The van der Waals surface area contributed by atoms with Crippen molar-refractivity contribution in [2.75, 3.05) is 11.9 Å². The summed E-state index contributed by atoms with van der Waals surface area (Å²) in [4.78, 5) is 4.22. The summed E-state index contributed by atoms with van der Waals surface area (Å²) in [7, 11) is 0. The van der Waals surface area contributed by atoms with E-state index in [4.69, 9.17) is 0 Å².